The van der Waals surface area contributed by atoms with Gasteiger partial charge in [-0.2, -0.15) is 0 Å². The van der Waals surface area contributed by atoms with Crippen LogP contribution in [0.5, 0.6) is 0 Å². The zero-order chi connectivity index (χ0) is 29.3. The molecule has 1 aliphatic heterocycles. The van der Waals surface area contributed by atoms with Gasteiger partial charge < -0.3 is 25.9 Å². The molecule has 2 saturated carbocycles. The Hall–Kier alpha value is -3.57. The van der Waals surface area contributed by atoms with Crippen molar-refractivity contribution in [1.82, 2.24) is 25.5 Å². The van der Waals surface area contributed by atoms with Crippen LogP contribution < -0.4 is 16.0 Å². The molecule has 42 heavy (non-hydrogen) atoms. The molecule has 1 aromatic carbocycles. The third kappa shape index (κ3) is 8.48. The van der Waals surface area contributed by atoms with Crippen LogP contribution in [0.2, 0.25) is 0 Å². The maximum Gasteiger partial charge on any atom is 0.270 e. The van der Waals surface area contributed by atoms with Gasteiger partial charge in [0.05, 0.1) is 6.10 Å². The van der Waals surface area contributed by atoms with Crippen LogP contribution in [0.1, 0.15) is 79.9 Å². The van der Waals surface area contributed by atoms with E-state index in [4.69, 9.17) is 4.84 Å². The highest BCUT2D eigenvalue weighted by Gasteiger charge is 2.25. The number of rotatable bonds is 11. The molecule has 1 atom stereocenters. The van der Waals surface area contributed by atoms with Crippen LogP contribution in [0, 0.1) is 0 Å². The van der Waals surface area contributed by atoms with Gasteiger partial charge in [0.2, 0.25) is 0 Å². The number of carbonyl (C=O) groups excluding carboxylic acids is 2. The summed E-state index contributed by atoms with van der Waals surface area (Å²) in [6.07, 6.45) is 9.51. The van der Waals surface area contributed by atoms with Crippen LogP contribution in [0.25, 0.3) is 0 Å². The monoisotopic (exact) mass is 577 g/mol. The van der Waals surface area contributed by atoms with Gasteiger partial charge >= 0.3 is 0 Å². The number of hydrogen-bond donors (Lipinski definition) is 4. The first kappa shape index (κ1) is 29.9. The summed E-state index contributed by atoms with van der Waals surface area (Å²) >= 11 is 0. The Kier molecular flexibility index (Phi) is 10.4. The predicted octanol–water partition coefficient (Wildman–Crippen LogP) is 2.80. The number of oxime groups is 1. The number of anilines is 1. The highest BCUT2D eigenvalue weighted by Crippen LogP contribution is 2.23. The molecule has 2 aliphatic carbocycles. The van der Waals surface area contributed by atoms with Crippen molar-refractivity contribution < 1.29 is 19.5 Å². The van der Waals surface area contributed by atoms with Gasteiger partial charge in [-0.1, -0.05) is 29.4 Å². The molecule has 11 heteroatoms. The lowest BCUT2D eigenvalue weighted by molar-refractivity contribution is -0.116. The van der Waals surface area contributed by atoms with Crippen LogP contribution in [-0.2, 0) is 22.6 Å². The van der Waals surface area contributed by atoms with Crippen LogP contribution in [0.15, 0.2) is 41.8 Å². The van der Waals surface area contributed by atoms with Crippen molar-refractivity contribution in [2.45, 2.75) is 95.5 Å². The molecule has 2 amide bonds. The summed E-state index contributed by atoms with van der Waals surface area (Å²) < 4.78 is 0. The van der Waals surface area contributed by atoms with E-state index in [0.717, 1.165) is 70.9 Å². The third-order valence-electron chi connectivity index (χ3n) is 8.46. The van der Waals surface area contributed by atoms with E-state index in [0.29, 0.717) is 18.1 Å². The minimum atomic E-state index is -0.677. The third-order valence-corrected chi connectivity index (χ3v) is 8.46. The molecule has 0 saturated heterocycles. The minimum absolute atomic E-state index is 0.0880. The summed E-state index contributed by atoms with van der Waals surface area (Å²) in [6.45, 7) is 4.03. The van der Waals surface area contributed by atoms with E-state index < -0.39 is 6.10 Å². The second kappa shape index (κ2) is 14.6. The highest BCUT2D eigenvalue weighted by atomic mass is 16.6. The molecule has 5 rings (SSSR count). The first-order chi connectivity index (χ1) is 20.4. The molecule has 2 heterocycles. The lowest BCUT2D eigenvalue weighted by Gasteiger charge is -2.30. The topological polar surface area (TPSA) is 141 Å². The van der Waals surface area contributed by atoms with E-state index in [1.807, 2.05) is 6.07 Å². The fourth-order valence-electron chi connectivity index (χ4n) is 6.00. The fraction of sp³-hybridized carbons (Fsp3) is 0.581. The number of amides is 2. The largest absolute Gasteiger partial charge is 0.392 e. The van der Waals surface area contributed by atoms with E-state index >= 15 is 0 Å². The van der Waals surface area contributed by atoms with Crippen molar-refractivity contribution in [3.05, 3.63) is 53.5 Å². The van der Waals surface area contributed by atoms with Crippen molar-refractivity contribution in [3.63, 3.8) is 0 Å². The Labute approximate surface area is 247 Å². The van der Waals surface area contributed by atoms with Crippen LogP contribution >= 0.6 is 0 Å². The van der Waals surface area contributed by atoms with Crippen LogP contribution in [0.3, 0.4) is 0 Å². The Balaban J connectivity index is 1.01. The Morgan fingerprint density at radius 1 is 1.07 bits per heavy atom. The van der Waals surface area contributed by atoms with Gasteiger partial charge in [-0.05, 0) is 75.8 Å². The molecule has 2 aromatic rings. The maximum atomic E-state index is 12.8. The molecule has 4 N–H and O–H groups in total. The smallest absolute Gasteiger partial charge is 0.270 e. The number of nitrogens with zero attached hydrogens (tertiary/aromatic N) is 4. The number of aliphatic hydroxyl groups excluding tert-OH is 1. The lowest BCUT2D eigenvalue weighted by atomic mass is 9.91. The fourth-order valence-corrected chi connectivity index (χ4v) is 6.00. The molecule has 1 aromatic heterocycles. The van der Waals surface area contributed by atoms with Gasteiger partial charge in [0.1, 0.15) is 29.7 Å². The zero-order valence-corrected chi connectivity index (χ0v) is 24.4. The molecule has 2 fully saturated rings. The number of aromatic nitrogens is 2. The van der Waals surface area contributed by atoms with Gasteiger partial charge in [0, 0.05) is 44.3 Å². The second-order valence-corrected chi connectivity index (χ2v) is 11.8. The molecule has 11 nitrogen and oxygen atoms in total. The van der Waals surface area contributed by atoms with Gasteiger partial charge in [0.15, 0.2) is 0 Å². The number of nitrogens with one attached hydrogen (secondary N) is 3. The first-order valence-corrected chi connectivity index (χ1v) is 15.3. The zero-order valence-electron chi connectivity index (χ0n) is 24.4. The second-order valence-electron chi connectivity index (χ2n) is 11.8. The molecule has 0 spiro atoms. The van der Waals surface area contributed by atoms with E-state index in [1.54, 1.807) is 13.0 Å². The van der Waals surface area contributed by atoms with Gasteiger partial charge in [-0.3, -0.25) is 14.5 Å². The Morgan fingerprint density at radius 2 is 1.81 bits per heavy atom. The lowest BCUT2D eigenvalue weighted by Crippen LogP contribution is -2.42. The van der Waals surface area contributed by atoms with Gasteiger partial charge in [0.25, 0.3) is 11.8 Å². The normalized spacial score (nSPS) is 22.2. The molecule has 0 radical (unpaired) electrons. The number of hydrogen-bond acceptors (Lipinski definition) is 9. The first-order valence-electron chi connectivity index (χ1n) is 15.3. The van der Waals surface area contributed by atoms with E-state index in [2.05, 4.69) is 54.2 Å². The maximum absolute atomic E-state index is 12.8. The molecular weight excluding hydrogens is 534 g/mol. The molecular formula is C31H43N7O4. The quantitative estimate of drug-likeness (QED) is 0.236. The number of aliphatic hydroxyl groups is 1. The van der Waals surface area contributed by atoms with Crippen LogP contribution in [0.4, 0.5) is 5.82 Å². The highest BCUT2D eigenvalue weighted by molar-refractivity contribution is 6.37. The van der Waals surface area contributed by atoms with Crippen molar-refractivity contribution in [2.24, 2.45) is 5.16 Å². The van der Waals surface area contributed by atoms with Crippen molar-refractivity contribution in [2.75, 3.05) is 25.0 Å². The molecule has 0 unspecified atom stereocenters. The van der Waals surface area contributed by atoms with Crippen LogP contribution in [-0.4, -0.2) is 81.4 Å². The van der Waals surface area contributed by atoms with E-state index in [-0.39, 0.29) is 42.2 Å². The summed E-state index contributed by atoms with van der Waals surface area (Å²) in [6, 6.07) is 10.3. The summed E-state index contributed by atoms with van der Waals surface area (Å²) in [5.74, 6) is 0.0632. The summed E-state index contributed by atoms with van der Waals surface area (Å²) in [4.78, 5) is 41.4. The summed E-state index contributed by atoms with van der Waals surface area (Å²) in [7, 11) is 0. The van der Waals surface area contributed by atoms with E-state index in [1.165, 1.54) is 17.5 Å². The van der Waals surface area contributed by atoms with E-state index in [9.17, 15) is 14.7 Å². The Morgan fingerprint density at radius 3 is 2.60 bits per heavy atom. The van der Waals surface area contributed by atoms with Crippen molar-refractivity contribution >= 4 is 23.3 Å². The average Bonchev–Trinajstić information content (AvgIpc) is 3.53. The number of fused-ring (bicyclic) bond motifs is 1. The average molecular weight is 578 g/mol. The molecule has 226 valence electrons. The van der Waals surface area contributed by atoms with Gasteiger partial charge in [-0.15, -0.1) is 0 Å². The number of carbonyl (C=O) groups is 2. The number of β-amino-alcohol motifs (C(OH)–C–C–N with tert-alkyl or cyclic N) is 1. The molecule has 3 aliphatic rings. The van der Waals surface area contributed by atoms with Crippen molar-refractivity contribution in [1.29, 1.82) is 0 Å². The summed E-state index contributed by atoms with van der Waals surface area (Å²) in [5.41, 5.74) is 3.27. The minimum Gasteiger partial charge on any atom is -0.392 e. The summed E-state index contributed by atoms with van der Waals surface area (Å²) in [5, 5.41) is 23.9. The molecule has 0 bridgehead atoms. The predicted molar refractivity (Wildman–Crippen MR) is 160 cm³/mol. The van der Waals surface area contributed by atoms with Crippen molar-refractivity contribution in [3.8, 4) is 0 Å². The van der Waals surface area contributed by atoms with Gasteiger partial charge in [-0.25, -0.2) is 9.97 Å². The SMILES string of the molecule is C/C(=N\OC1CCCC1)C(=O)NC1CCC(Nc2cc(C(=O)NC[C@H](O)CN3CCc4ccccc4C3)ncn2)CC1. The Bertz CT molecular complexity index is 1240. The number of benzene rings is 1. The standard InChI is InChI=1S/C31H43N7O4/c1-21(37-42-27-8-4-5-9-27)30(40)36-25-12-10-24(11-13-25)35-29-16-28(33-20-34-29)31(41)32-17-26(39)19-38-15-14-22-6-2-3-7-23(22)18-38/h2-3,6-7,16,20,24-27,39H,4-5,8-15,17-19H2,1H3,(H,32,41)(H,36,40)(H,33,34,35)/b37-21+/t24?,25?,26-/m0/s1.